The first kappa shape index (κ1) is 14.7. The maximum Gasteiger partial charge on any atom is 0.325 e. The van der Waals surface area contributed by atoms with Crippen molar-refractivity contribution in [3.05, 3.63) is 47.3 Å². The first-order chi connectivity index (χ1) is 9.95. The van der Waals surface area contributed by atoms with Crippen molar-refractivity contribution in [2.75, 3.05) is 7.05 Å². The second-order valence-electron chi connectivity index (χ2n) is 4.85. The summed E-state index contributed by atoms with van der Waals surface area (Å²) in [6.45, 7) is 2.12. The number of benzene rings is 1. The first-order valence-electron chi connectivity index (χ1n) is 6.38. The van der Waals surface area contributed by atoms with E-state index in [0.29, 0.717) is 6.54 Å². The Morgan fingerprint density at radius 2 is 2.14 bits per heavy atom. The van der Waals surface area contributed by atoms with Gasteiger partial charge in [-0.2, -0.15) is 0 Å². The highest BCUT2D eigenvalue weighted by molar-refractivity contribution is 5.91. The molecule has 0 fully saturated rings. The standard InChI is InChI=1S/C14H16N4O3/c1-10-4-3-5-11(6-10)7-17(2)14(21)12-8-18(16-15-12)9-13(19)20/h3-6,8H,7,9H2,1-2H3,(H,19,20). The molecule has 2 rings (SSSR count). The molecule has 7 heteroatoms. The summed E-state index contributed by atoms with van der Waals surface area (Å²) in [6.07, 6.45) is 1.34. The number of rotatable bonds is 5. The number of carbonyl (C=O) groups excluding carboxylic acids is 1. The number of hydrogen-bond acceptors (Lipinski definition) is 4. The van der Waals surface area contributed by atoms with E-state index in [-0.39, 0.29) is 18.1 Å². The van der Waals surface area contributed by atoms with Crippen LogP contribution in [0.2, 0.25) is 0 Å². The maximum atomic E-state index is 12.2. The molecule has 0 atom stereocenters. The molecular formula is C14H16N4O3. The molecule has 1 aromatic carbocycles. The van der Waals surface area contributed by atoms with Gasteiger partial charge < -0.3 is 10.0 Å². The van der Waals surface area contributed by atoms with E-state index in [0.717, 1.165) is 15.8 Å². The number of aliphatic carboxylic acids is 1. The topological polar surface area (TPSA) is 88.3 Å². The molecule has 0 aliphatic carbocycles. The molecule has 0 radical (unpaired) electrons. The molecule has 2 aromatic rings. The molecule has 7 nitrogen and oxygen atoms in total. The third-order valence-electron chi connectivity index (χ3n) is 2.90. The van der Waals surface area contributed by atoms with Crippen molar-refractivity contribution >= 4 is 11.9 Å². The Morgan fingerprint density at radius 3 is 2.81 bits per heavy atom. The fourth-order valence-electron chi connectivity index (χ4n) is 1.96. The lowest BCUT2D eigenvalue weighted by Gasteiger charge is -2.15. The smallest absolute Gasteiger partial charge is 0.325 e. The fourth-order valence-corrected chi connectivity index (χ4v) is 1.96. The summed E-state index contributed by atoms with van der Waals surface area (Å²) in [5.41, 5.74) is 2.27. The molecule has 0 saturated heterocycles. The predicted molar refractivity (Wildman–Crippen MR) is 74.6 cm³/mol. The van der Waals surface area contributed by atoms with Crippen LogP contribution < -0.4 is 0 Å². The van der Waals surface area contributed by atoms with Crippen molar-refractivity contribution in [2.24, 2.45) is 0 Å². The minimum Gasteiger partial charge on any atom is -0.480 e. The fraction of sp³-hybridized carbons (Fsp3) is 0.286. The van der Waals surface area contributed by atoms with Gasteiger partial charge in [-0.1, -0.05) is 35.0 Å². The SMILES string of the molecule is Cc1cccc(CN(C)C(=O)c2cn(CC(=O)O)nn2)c1. The Balaban J connectivity index is 2.05. The van der Waals surface area contributed by atoms with Crippen LogP contribution in [-0.4, -0.2) is 43.9 Å². The lowest BCUT2D eigenvalue weighted by atomic mass is 10.1. The van der Waals surface area contributed by atoms with E-state index in [4.69, 9.17) is 5.11 Å². The molecule has 1 aromatic heterocycles. The van der Waals surface area contributed by atoms with Gasteiger partial charge in [0.1, 0.15) is 6.54 Å². The van der Waals surface area contributed by atoms with Gasteiger partial charge in [-0.15, -0.1) is 5.10 Å². The molecule has 0 aliphatic heterocycles. The van der Waals surface area contributed by atoms with Gasteiger partial charge in [-0.25, -0.2) is 4.68 Å². The Hall–Kier alpha value is -2.70. The first-order valence-corrected chi connectivity index (χ1v) is 6.38. The third kappa shape index (κ3) is 3.88. The van der Waals surface area contributed by atoms with E-state index in [9.17, 15) is 9.59 Å². The largest absolute Gasteiger partial charge is 0.480 e. The van der Waals surface area contributed by atoms with Gasteiger partial charge in [-0.3, -0.25) is 9.59 Å². The summed E-state index contributed by atoms with van der Waals surface area (Å²) in [4.78, 5) is 24.3. The minimum atomic E-state index is -1.04. The Bertz CT molecular complexity index is 666. The monoisotopic (exact) mass is 288 g/mol. The minimum absolute atomic E-state index is 0.131. The van der Waals surface area contributed by atoms with Crippen LogP contribution in [0.1, 0.15) is 21.6 Å². The highest BCUT2D eigenvalue weighted by Crippen LogP contribution is 2.08. The molecule has 21 heavy (non-hydrogen) atoms. The van der Waals surface area contributed by atoms with Crippen LogP contribution in [0.15, 0.2) is 30.5 Å². The molecule has 110 valence electrons. The van der Waals surface area contributed by atoms with Crippen LogP contribution in [0.25, 0.3) is 0 Å². The molecule has 0 saturated carbocycles. The summed E-state index contributed by atoms with van der Waals surface area (Å²) in [6, 6.07) is 7.87. The van der Waals surface area contributed by atoms with Gasteiger partial charge in [0.15, 0.2) is 5.69 Å². The molecule has 1 amide bonds. The summed E-state index contributed by atoms with van der Waals surface area (Å²) in [5.74, 6) is -1.33. The highest BCUT2D eigenvalue weighted by atomic mass is 16.4. The second kappa shape index (κ2) is 6.17. The van der Waals surface area contributed by atoms with Gasteiger partial charge in [0.05, 0.1) is 6.20 Å². The lowest BCUT2D eigenvalue weighted by Crippen LogP contribution is -2.26. The zero-order chi connectivity index (χ0) is 15.4. The third-order valence-corrected chi connectivity index (χ3v) is 2.90. The number of amides is 1. The Labute approximate surface area is 121 Å². The molecule has 0 bridgehead atoms. The highest BCUT2D eigenvalue weighted by Gasteiger charge is 2.16. The van der Waals surface area contributed by atoms with Crippen molar-refractivity contribution in [2.45, 2.75) is 20.0 Å². The predicted octanol–water partition coefficient (Wildman–Crippen LogP) is 0.943. The van der Waals surface area contributed by atoms with Gasteiger partial charge in [0.2, 0.25) is 0 Å². The van der Waals surface area contributed by atoms with E-state index in [1.807, 2.05) is 31.2 Å². The van der Waals surface area contributed by atoms with Crippen LogP contribution in [0, 0.1) is 6.92 Å². The number of carbonyl (C=O) groups is 2. The number of carboxylic acid groups (broad SMARTS) is 1. The number of hydrogen-bond donors (Lipinski definition) is 1. The lowest BCUT2D eigenvalue weighted by molar-refractivity contribution is -0.137. The summed E-state index contributed by atoms with van der Waals surface area (Å²) >= 11 is 0. The number of aromatic nitrogens is 3. The average Bonchev–Trinajstić information content (AvgIpc) is 2.85. The zero-order valence-corrected chi connectivity index (χ0v) is 11.9. The van der Waals surface area contributed by atoms with Gasteiger partial charge in [0.25, 0.3) is 5.91 Å². The normalized spacial score (nSPS) is 10.4. The van der Waals surface area contributed by atoms with E-state index >= 15 is 0 Å². The van der Waals surface area contributed by atoms with Crippen molar-refractivity contribution < 1.29 is 14.7 Å². The van der Waals surface area contributed by atoms with E-state index in [1.165, 1.54) is 11.1 Å². The van der Waals surface area contributed by atoms with Crippen LogP contribution in [0.5, 0.6) is 0 Å². The molecule has 0 spiro atoms. The van der Waals surface area contributed by atoms with Crippen LogP contribution >= 0.6 is 0 Å². The summed E-state index contributed by atoms with van der Waals surface area (Å²) in [5, 5.41) is 16.0. The van der Waals surface area contributed by atoms with Gasteiger partial charge in [-0.05, 0) is 12.5 Å². The van der Waals surface area contributed by atoms with Crippen LogP contribution in [0.3, 0.4) is 0 Å². The van der Waals surface area contributed by atoms with Crippen molar-refractivity contribution in [1.29, 1.82) is 0 Å². The maximum absolute atomic E-state index is 12.2. The Morgan fingerprint density at radius 1 is 1.38 bits per heavy atom. The molecular weight excluding hydrogens is 272 g/mol. The summed E-state index contributed by atoms with van der Waals surface area (Å²) in [7, 11) is 1.67. The molecule has 0 unspecified atom stereocenters. The zero-order valence-electron chi connectivity index (χ0n) is 11.9. The van der Waals surface area contributed by atoms with E-state index < -0.39 is 5.97 Å². The second-order valence-corrected chi connectivity index (χ2v) is 4.85. The van der Waals surface area contributed by atoms with Crippen molar-refractivity contribution in [1.82, 2.24) is 19.9 Å². The van der Waals surface area contributed by atoms with E-state index in [1.54, 1.807) is 7.05 Å². The number of nitrogens with zero attached hydrogens (tertiary/aromatic N) is 4. The number of carboxylic acids is 1. The van der Waals surface area contributed by atoms with Gasteiger partial charge >= 0.3 is 5.97 Å². The molecule has 1 N–H and O–H groups in total. The molecule has 1 heterocycles. The van der Waals surface area contributed by atoms with Gasteiger partial charge in [0, 0.05) is 13.6 Å². The van der Waals surface area contributed by atoms with Crippen molar-refractivity contribution in [3.63, 3.8) is 0 Å². The van der Waals surface area contributed by atoms with Crippen molar-refractivity contribution in [3.8, 4) is 0 Å². The van der Waals surface area contributed by atoms with E-state index in [2.05, 4.69) is 10.3 Å². The Kier molecular flexibility index (Phi) is 4.32. The van der Waals surface area contributed by atoms with Crippen LogP contribution in [0.4, 0.5) is 0 Å². The summed E-state index contributed by atoms with van der Waals surface area (Å²) < 4.78 is 1.12. The van der Waals surface area contributed by atoms with Crippen LogP contribution in [-0.2, 0) is 17.9 Å². The quantitative estimate of drug-likeness (QED) is 0.884. The molecule has 0 aliphatic rings. The average molecular weight is 288 g/mol. The number of aryl methyl sites for hydroxylation is 1.